The molecule has 1 aliphatic heterocycles. The summed E-state index contributed by atoms with van der Waals surface area (Å²) in [6, 6.07) is 7.66. The number of amides is 2. The molecular formula is C26H35ClN6O6. The van der Waals surface area contributed by atoms with Crippen LogP contribution < -0.4 is 21.1 Å². The van der Waals surface area contributed by atoms with Crippen LogP contribution in [0.15, 0.2) is 30.3 Å². The second kappa shape index (κ2) is 14.1. The van der Waals surface area contributed by atoms with Crippen molar-refractivity contribution in [2.45, 2.75) is 18.6 Å². The number of hydrogen-bond donors (Lipinski definition) is 3. The largest absolute Gasteiger partial charge is 0.480 e. The first-order chi connectivity index (χ1) is 18.6. The first-order valence-corrected chi connectivity index (χ1v) is 12.8. The molecular weight excluding hydrogens is 528 g/mol. The highest BCUT2D eigenvalue weighted by Gasteiger charge is 2.32. The maximum Gasteiger partial charge on any atom is 0.338 e. The average molecular weight is 563 g/mol. The number of piperidine rings is 1. The Morgan fingerprint density at radius 1 is 1.21 bits per heavy atom. The van der Waals surface area contributed by atoms with Crippen molar-refractivity contribution in [3.63, 3.8) is 0 Å². The fourth-order valence-electron chi connectivity index (χ4n) is 4.08. The lowest BCUT2D eigenvalue weighted by Gasteiger charge is -2.37. The minimum atomic E-state index is -0.413. The highest BCUT2D eigenvalue weighted by atomic mass is 35.5. The summed E-state index contributed by atoms with van der Waals surface area (Å²) < 4.78 is 16.0. The number of ether oxygens (including phenoxy) is 3. The summed E-state index contributed by atoms with van der Waals surface area (Å²) >= 11 is 6.05. The summed E-state index contributed by atoms with van der Waals surface area (Å²) in [5, 5.41) is 5.95. The van der Waals surface area contributed by atoms with Gasteiger partial charge in [0.1, 0.15) is 18.0 Å². The zero-order valence-electron chi connectivity index (χ0n) is 22.5. The van der Waals surface area contributed by atoms with Crippen LogP contribution in [-0.4, -0.2) is 106 Å². The van der Waals surface area contributed by atoms with Crippen LogP contribution in [0.25, 0.3) is 0 Å². The Labute approximate surface area is 232 Å². The van der Waals surface area contributed by atoms with Crippen LogP contribution in [0.3, 0.4) is 0 Å². The lowest BCUT2D eigenvalue weighted by molar-refractivity contribution is -0.118. The van der Waals surface area contributed by atoms with E-state index >= 15 is 0 Å². The second-order valence-electron chi connectivity index (χ2n) is 9.35. The molecule has 3 rings (SSSR count). The molecule has 0 radical (unpaired) electrons. The van der Waals surface area contributed by atoms with Crippen molar-refractivity contribution < 1.29 is 28.6 Å². The van der Waals surface area contributed by atoms with Crippen molar-refractivity contribution in [1.29, 1.82) is 0 Å². The van der Waals surface area contributed by atoms with Gasteiger partial charge in [0.2, 0.25) is 11.8 Å². The SMILES string of the molecule is COc1nc(N)c(Cl)cc1C(=O)N[C@@H]1CCN(CC(=O)Nc2ccc(C(=O)OCCN(C)C)cc2)C[C@@H]1OC. The number of halogens is 1. The molecule has 39 heavy (non-hydrogen) atoms. The molecule has 1 aromatic heterocycles. The summed E-state index contributed by atoms with van der Waals surface area (Å²) in [5.74, 6) is -0.887. The number of nitrogen functional groups attached to an aromatic ring is 1. The van der Waals surface area contributed by atoms with E-state index in [2.05, 4.69) is 15.6 Å². The lowest BCUT2D eigenvalue weighted by Crippen LogP contribution is -2.55. The highest BCUT2D eigenvalue weighted by Crippen LogP contribution is 2.25. The van der Waals surface area contributed by atoms with Crippen LogP contribution in [-0.2, 0) is 14.3 Å². The summed E-state index contributed by atoms with van der Waals surface area (Å²) in [6.07, 6.45) is 0.206. The van der Waals surface area contributed by atoms with E-state index in [0.717, 1.165) is 0 Å². The van der Waals surface area contributed by atoms with E-state index in [4.69, 9.17) is 31.5 Å². The molecule has 13 heteroatoms. The summed E-state index contributed by atoms with van der Waals surface area (Å²) in [7, 11) is 6.75. The van der Waals surface area contributed by atoms with Gasteiger partial charge in [-0.05, 0) is 50.8 Å². The van der Waals surface area contributed by atoms with E-state index in [-0.39, 0.29) is 46.9 Å². The smallest absolute Gasteiger partial charge is 0.338 e. The van der Waals surface area contributed by atoms with Crippen molar-refractivity contribution in [2.24, 2.45) is 0 Å². The number of pyridine rings is 1. The summed E-state index contributed by atoms with van der Waals surface area (Å²) in [5.41, 5.74) is 6.85. The number of aromatic nitrogens is 1. The van der Waals surface area contributed by atoms with Gasteiger partial charge in [-0.1, -0.05) is 11.6 Å². The number of likely N-dealkylation sites (tertiary alicyclic amines) is 1. The van der Waals surface area contributed by atoms with Crippen molar-refractivity contribution in [1.82, 2.24) is 20.1 Å². The van der Waals surface area contributed by atoms with Gasteiger partial charge in [-0.15, -0.1) is 0 Å². The number of nitrogens with two attached hydrogens (primary N) is 1. The topological polar surface area (TPSA) is 148 Å². The molecule has 4 N–H and O–H groups in total. The van der Waals surface area contributed by atoms with Crippen molar-refractivity contribution in [3.05, 3.63) is 46.5 Å². The van der Waals surface area contributed by atoms with Crippen LogP contribution in [0.4, 0.5) is 11.5 Å². The van der Waals surface area contributed by atoms with E-state index in [9.17, 15) is 14.4 Å². The number of nitrogens with zero attached hydrogens (tertiary/aromatic N) is 3. The number of hydrogen-bond acceptors (Lipinski definition) is 10. The van der Waals surface area contributed by atoms with Crippen LogP contribution in [0.1, 0.15) is 27.1 Å². The predicted octanol–water partition coefficient (Wildman–Crippen LogP) is 1.50. The van der Waals surface area contributed by atoms with Gasteiger partial charge in [-0.3, -0.25) is 14.5 Å². The Kier molecular flexibility index (Phi) is 10.9. The van der Waals surface area contributed by atoms with E-state index in [1.807, 2.05) is 23.9 Å². The van der Waals surface area contributed by atoms with E-state index < -0.39 is 11.9 Å². The van der Waals surface area contributed by atoms with Crippen molar-refractivity contribution >= 4 is 40.9 Å². The zero-order valence-corrected chi connectivity index (χ0v) is 23.3. The molecule has 1 aromatic carbocycles. The molecule has 2 heterocycles. The average Bonchev–Trinajstić information content (AvgIpc) is 2.90. The van der Waals surface area contributed by atoms with Crippen molar-refractivity contribution in [2.75, 3.05) is 72.2 Å². The Morgan fingerprint density at radius 2 is 1.92 bits per heavy atom. The fourth-order valence-corrected chi connectivity index (χ4v) is 4.23. The Morgan fingerprint density at radius 3 is 2.56 bits per heavy atom. The van der Waals surface area contributed by atoms with E-state index in [1.54, 1.807) is 31.4 Å². The molecule has 0 saturated carbocycles. The molecule has 2 atom stereocenters. The maximum atomic E-state index is 12.9. The third-order valence-electron chi connectivity index (χ3n) is 6.21. The number of carbonyl (C=O) groups excluding carboxylic acids is 3. The first kappa shape index (κ1) is 30.1. The maximum absolute atomic E-state index is 12.9. The standard InChI is InChI=1S/C26H35ClN6O6/c1-32(2)11-12-39-26(36)16-5-7-17(8-6-16)29-22(34)15-33-10-9-20(21(14-33)37-3)30-24(35)18-13-19(27)23(28)31-25(18)38-4/h5-8,13,20-21H,9-12,14-15H2,1-4H3,(H2,28,31)(H,29,34)(H,30,35)/t20-,21+/m1/s1. The monoisotopic (exact) mass is 562 g/mol. The number of likely N-dealkylation sites (N-methyl/N-ethyl adjacent to an activating group) is 1. The quantitative estimate of drug-likeness (QED) is 0.344. The molecule has 0 bridgehead atoms. The number of esters is 1. The fraction of sp³-hybridized carbons (Fsp3) is 0.462. The third kappa shape index (κ3) is 8.52. The summed E-state index contributed by atoms with van der Waals surface area (Å²) in [6.45, 7) is 2.07. The van der Waals surface area contributed by atoms with Gasteiger partial charge < -0.3 is 35.5 Å². The number of methoxy groups -OCH3 is 2. The number of nitrogens with one attached hydrogen (secondary N) is 2. The van der Waals surface area contributed by atoms with Gasteiger partial charge in [0.05, 0.1) is 36.4 Å². The Hall–Kier alpha value is -3.45. The van der Waals surface area contributed by atoms with Crippen molar-refractivity contribution in [3.8, 4) is 5.88 Å². The number of carbonyl (C=O) groups is 3. The van der Waals surface area contributed by atoms with E-state index in [1.165, 1.54) is 13.2 Å². The minimum Gasteiger partial charge on any atom is -0.480 e. The van der Waals surface area contributed by atoms with Crippen LogP contribution in [0.5, 0.6) is 5.88 Å². The zero-order chi connectivity index (χ0) is 28.5. The van der Waals surface area contributed by atoms with Gasteiger partial charge in [0.25, 0.3) is 5.91 Å². The Bertz CT molecular complexity index is 1160. The van der Waals surface area contributed by atoms with Gasteiger partial charge in [0, 0.05) is 32.4 Å². The minimum absolute atomic E-state index is 0.0699. The van der Waals surface area contributed by atoms with Gasteiger partial charge >= 0.3 is 5.97 Å². The number of anilines is 2. The first-order valence-electron chi connectivity index (χ1n) is 12.4. The van der Waals surface area contributed by atoms with Crippen LogP contribution in [0.2, 0.25) is 5.02 Å². The number of rotatable bonds is 11. The molecule has 212 valence electrons. The Balaban J connectivity index is 1.51. The van der Waals surface area contributed by atoms with Gasteiger partial charge in [-0.2, -0.15) is 4.98 Å². The molecule has 0 aliphatic carbocycles. The second-order valence-corrected chi connectivity index (χ2v) is 9.76. The lowest BCUT2D eigenvalue weighted by atomic mass is 10.0. The normalized spacial score (nSPS) is 17.5. The molecule has 12 nitrogen and oxygen atoms in total. The highest BCUT2D eigenvalue weighted by molar-refractivity contribution is 6.33. The van der Waals surface area contributed by atoms with Crippen LogP contribution in [0, 0.1) is 0 Å². The third-order valence-corrected chi connectivity index (χ3v) is 6.51. The van der Waals surface area contributed by atoms with Gasteiger partial charge in [-0.25, -0.2) is 4.79 Å². The molecule has 2 aromatic rings. The molecule has 1 saturated heterocycles. The molecule has 1 fully saturated rings. The summed E-state index contributed by atoms with van der Waals surface area (Å²) in [4.78, 5) is 45.6. The molecule has 1 aliphatic rings. The molecule has 2 amide bonds. The number of benzene rings is 1. The van der Waals surface area contributed by atoms with E-state index in [0.29, 0.717) is 43.9 Å². The molecule has 0 spiro atoms. The van der Waals surface area contributed by atoms with Crippen LogP contribution >= 0.6 is 11.6 Å². The molecule has 0 unspecified atom stereocenters. The van der Waals surface area contributed by atoms with Gasteiger partial charge in [0.15, 0.2) is 0 Å². The predicted molar refractivity (Wildman–Crippen MR) is 147 cm³/mol.